The van der Waals surface area contributed by atoms with E-state index in [1.165, 1.54) is 61.6 Å². The molecule has 2 nitrogen and oxygen atoms in total. The Morgan fingerprint density at radius 2 is 1.21 bits per heavy atom. The standard InChI is InChI=1S/C41H29N2/c1-2-13-29(14-3-1)42-24-41-39-32(17-10-19-34(39)42)37-30-15-6-4-11-25(30)21-27-23-28-22-26-12-5-7-16-31(26)38(36(28)40(41)35(27)37)33-18-8-9-20-43(33)41/h1-20,23,37-38H,21-22,24H2/q+1. The van der Waals surface area contributed by atoms with Gasteiger partial charge >= 0.3 is 0 Å². The van der Waals surface area contributed by atoms with Crippen molar-refractivity contribution in [3.63, 3.8) is 0 Å². The van der Waals surface area contributed by atoms with Crippen molar-refractivity contribution in [3.05, 3.63) is 194 Å². The topological polar surface area (TPSA) is 7.12 Å². The highest BCUT2D eigenvalue weighted by Crippen LogP contribution is 2.63. The minimum absolute atomic E-state index is 0.240. The molecule has 1 aromatic heterocycles. The van der Waals surface area contributed by atoms with Gasteiger partial charge in [0.05, 0.1) is 23.7 Å². The third-order valence-corrected chi connectivity index (χ3v) is 11.2. The second kappa shape index (κ2) is 7.71. The smallest absolute Gasteiger partial charge is 0.239 e. The van der Waals surface area contributed by atoms with Gasteiger partial charge in [0.1, 0.15) is 0 Å². The summed E-state index contributed by atoms with van der Waals surface area (Å²) in [5.74, 6) is 0.493. The zero-order chi connectivity index (χ0) is 27.9. The van der Waals surface area contributed by atoms with Crippen LogP contribution in [0.2, 0.25) is 0 Å². The zero-order valence-electron chi connectivity index (χ0n) is 23.8. The molecule has 5 aliphatic rings. The molecule has 0 bridgehead atoms. The van der Waals surface area contributed by atoms with Gasteiger partial charge in [0.15, 0.2) is 11.9 Å². The minimum Gasteiger partial charge on any atom is -0.333 e. The molecule has 0 radical (unpaired) electrons. The second-order valence-electron chi connectivity index (χ2n) is 13.0. The summed E-state index contributed by atoms with van der Waals surface area (Å²) in [6, 6.07) is 46.2. The van der Waals surface area contributed by atoms with Crippen LogP contribution in [0, 0.1) is 0 Å². The summed E-state index contributed by atoms with van der Waals surface area (Å²) in [5, 5.41) is 0. The molecule has 0 saturated heterocycles. The first-order valence-electron chi connectivity index (χ1n) is 15.6. The Bertz CT molecular complexity index is 2170. The SMILES string of the molecule is c1ccc(N2CC34c5c(cccc52)C2c5ccccc5Cc5cc6c(c3c52)C(c2ccccc2C6)c2cccc[n+]24)cc1. The average Bonchev–Trinajstić information content (AvgIpc) is 3.42. The molecule has 3 unspecified atom stereocenters. The molecule has 3 atom stereocenters. The number of hydrogen-bond acceptors (Lipinski definition) is 1. The maximum absolute atomic E-state index is 2.70. The van der Waals surface area contributed by atoms with E-state index in [2.05, 4.69) is 137 Å². The van der Waals surface area contributed by atoms with Gasteiger partial charge in [-0.1, -0.05) is 91.0 Å². The highest BCUT2D eigenvalue weighted by molar-refractivity contribution is 5.82. The average molecular weight is 550 g/mol. The highest BCUT2D eigenvalue weighted by atomic mass is 15.3. The number of benzene rings is 5. The van der Waals surface area contributed by atoms with Crippen LogP contribution in [0.5, 0.6) is 0 Å². The molecule has 0 fully saturated rings. The van der Waals surface area contributed by atoms with Gasteiger partial charge in [-0.2, -0.15) is 4.57 Å². The fourth-order valence-corrected chi connectivity index (χ4v) is 9.80. The molecular formula is C41H29N2+. The van der Waals surface area contributed by atoms with Crippen molar-refractivity contribution < 1.29 is 4.57 Å². The monoisotopic (exact) mass is 549 g/mol. The number of para-hydroxylation sites is 1. The fourth-order valence-electron chi connectivity index (χ4n) is 9.80. The molecule has 0 amide bonds. The highest BCUT2D eigenvalue weighted by Gasteiger charge is 2.64. The molecule has 6 aromatic rings. The number of pyridine rings is 1. The van der Waals surface area contributed by atoms with Crippen LogP contribution in [-0.4, -0.2) is 6.54 Å². The van der Waals surface area contributed by atoms with Crippen molar-refractivity contribution in [1.82, 2.24) is 0 Å². The van der Waals surface area contributed by atoms with Crippen molar-refractivity contribution in [3.8, 4) is 0 Å². The summed E-state index contributed by atoms with van der Waals surface area (Å²) in [7, 11) is 0. The van der Waals surface area contributed by atoms with Crippen molar-refractivity contribution in [2.45, 2.75) is 30.2 Å². The predicted molar refractivity (Wildman–Crippen MR) is 170 cm³/mol. The summed E-state index contributed by atoms with van der Waals surface area (Å²) in [5.41, 5.74) is 20.5. The molecule has 43 heavy (non-hydrogen) atoms. The van der Waals surface area contributed by atoms with Crippen LogP contribution in [-0.2, 0) is 18.4 Å². The van der Waals surface area contributed by atoms with Crippen LogP contribution < -0.4 is 9.47 Å². The molecule has 2 aliphatic heterocycles. The van der Waals surface area contributed by atoms with E-state index in [4.69, 9.17) is 0 Å². The first-order valence-corrected chi connectivity index (χ1v) is 15.6. The quantitative estimate of drug-likeness (QED) is 0.190. The third-order valence-electron chi connectivity index (χ3n) is 11.2. The molecule has 0 saturated carbocycles. The van der Waals surface area contributed by atoms with E-state index < -0.39 is 0 Å². The molecule has 3 aliphatic carbocycles. The summed E-state index contributed by atoms with van der Waals surface area (Å²) < 4.78 is 2.70. The number of fused-ring (bicyclic) bond motifs is 7. The minimum atomic E-state index is -0.292. The van der Waals surface area contributed by atoms with Gasteiger partial charge in [0.2, 0.25) is 5.54 Å². The molecule has 0 N–H and O–H groups in total. The Balaban J connectivity index is 1.34. The Kier molecular flexibility index (Phi) is 4.05. The number of hydrogen-bond donors (Lipinski definition) is 0. The summed E-state index contributed by atoms with van der Waals surface area (Å²) in [6.45, 7) is 0.899. The van der Waals surface area contributed by atoms with Crippen LogP contribution in [0.3, 0.4) is 0 Å². The van der Waals surface area contributed by atoms with Crippen LogP contribution in [0.4, 0.5) is 11.4 Å². The van der Waals surface area contributed by atoms with Crippen LogP contribution in [0.15, 0.2) is 128 Å². The number of nitrogens with zero attached hydrogens (tertiary/aromatic N) is 2. The lowest BCUT2D eigenvalue weighted by atomic mass is 9.57. The summed E-state index contributed by atoms with van der Waals surface area (Å²) in [4.78, 5) is 2.61. The van der Waals surface area contributed by atoms with E-state index in [9.17, 15) is 0 Å². The fraction of sp³-hybridized carbons (Fsp3) is 0.146. The normalized spacial score (nSPS) is 22.2. The lowest BCUT2D eigenvalue weighted by Gasteiger charge is -2.47. The molecule has 1 spiro atoms. The van der Waals surface area contributed by atoms with Gasteiger partial charge < -0.3 is 4.90 Å². The lowest BCUT2D eigenvalue weighted by molar-refractivity contribution is -0.750. The van der Waals surface area contributed by atoms with Gasteiger partial charge in [-0.15, -0.1) is 0 Å². The van der Waals surface area contributed by atoms with Gasteiger partial charge in [0.25, 0.3) is 0 Å². The third kappa shape index (κ3) is 2.57. The predicted octanol–water partition coefficient (Wildman–Crippen LogP) is 7.71. The molecule has 3 heterocycles. The van der Waals surface area contributed by atoms with E-state index in [-0.39, 0.29) is 17.4 Å². The van der Waals surface area contributed by atoms with Gasteiger partial charge in [-0.25, -0.2) is 0 Å². The number of anilines is 2. The van der Waals surface area contributed by atoms with Crippen LogP contribution in [0.25, 0.3) is 0 Å². The van der Waals surface area contributed by atoms with Crippen LogP contribution in [0.1, 0.15) is 78.7 Å². The lowest BCUT2D eigenvalue weighted by Crippen LogP contribution is -2.66. The van der Waals surface area contributed by atoms with Gasteiger partial charge in [0, 0.05) is 29.3 Å². The first-order chi connectivity index (χ1) is 21.3. The molecule has 11 rings (SSSR count). The zero-order valence-corrected chi connectivity index (χ0v) is 23.8. The molecule has 202 valence electrons. The molecule has 2 heteroatoms. The maximum atomic E-state index is 2.70. The van der Waals surface area contributed by atoms with E-state index >= 15 is 0 Å². The van der Waals surface area contributed by atoms with Gasteiger partial charge in [-0.05, 0) is 81.1 Å². The Hall–Kier alpha value is -4.95. The van der Waals surface area contributed by atoms with Crippen LogP contribution >= 0.6 is 0 Å². The molecular weight excluding hydrogens is 520 g/mol. The van der Waals surface area contributed by atoms with E-state index in [0.29, 0.717) is 0 Å². The van der Waals surface area contributed by atoms with E-state index in [1.807, 2.05) is 0 Å². The van der Waals surface area contributed by atoms with Crippen molar-refractivity contribution in [2.75, 3.05) is 11.4 Å². The van der Waals surface area contributed by atoms with Gasteiger partial charge in [-0.3, -0.25) is 0 Å². The summed E-state index contributed by atoms with van der Waals surface area (Å²) in [6.07, 6.45) is 4.41. The number of rotatable bonds is 1. The Labute approximate surface area is 251 Å². The molecule has 5 aromatic carbocycles. The summed E-state index contributed by atoms with van der Waals surface area (Å²) >= 11 is 0. The van der Waals surface area contributed by atoms with E-state index in [0.717, 1.165) is 19.4 Å². The maximum Gasteiger partial charge on any atom is 0.239 e. The first kappa shape index (κ1) is 22.6. The van der Waals surface area contributed by atoms with Crippen molar-refractivity contribution in [1.29, 1.82) is 0 Å². The van der Waals surface area contributed by atoms with E-state index in [1.54, 1.807) is 16.7 Å². The second-order valence-corrected chi connectivity index (χ2v) is 13.0. The Morgan fingerprint density at radius 3 is 2.00 bits per heavy atom. The van der Waals surface area contributed by atoms with Crippen molar-refractivity contribution in [2.24, 2.45) is 0 Å². The van der Waals surface area contributed by atoms with Crippen molar-refractivity contribution >= 4 is 11.4 Å². The Morgan fingerprint density at radius 1 is 0.558 bits per heavy atom. The largest absolute Gasteiger partial charge is 0.333 e. The number of aromatic nitrogens is 1.